The summed E-state index contributed by atoms with van der Waals surface area (Å²) in [5.41, 5.74) is 5.59. The molecule has 6 N–H and O–H groups in total. The van der Waals surface area contributed by atoms with Gasteiger partial charge in [0.2, 0.25) is 11.7 Å². The van der Waals surface area contributed by atoms with Crippen molar-refractivity contribution in [1.82, 2.24) is 24.5 Å². The first kappa shape index (κ1) is 19.4. The number of fused-ring (bicyclic) bond motifs is 1. The Bertz CT molecular complexity index is 1100. The molecule has 28 heavy (non-hydrogen) atoms. The molecule has 11 nitrogen and oxygen atoms in total. The zero-order valence-electron chi connectivity index (χ0n) is 14.0. The summed E-state index contributed by atoms with van der Waals surface area (Å²) in [5, 5.41) is 9.17. The number of hydrogen-bond acceptors (Lipinski definition) is 8. The molecule has 0 aliphatic carbocycles. The first-order chi connectivity index (χ1) is 13.2. The maximum atomic E-state index is 13.1. The largest absolute Gasteiger partial charge is 0.458 e. The fraction of sp³-hybridized carbons (Fsp3) is 0.286. The summed E-state index contributed by atoms with van der Waals surface area (Å²) in [4.78, 5) is 32.2. The van der Waals surface area contributed by atoms with E-state index >= 15 is 0 Å². The van der Waals surface area contributed by atoms with Crippen molar-refractivity contribution >= 4 is 23.0 Å². The second-order valence-electron chi connectivity index (χ2n) is 5.60. The Kier molecular flexibility index (Phi) is 4.82. The quantitative estimate of drug-likeness (QED) is 0.254. The van der Waals surface area contributed by atoms with E-state index in [1.807, 2.05) is 5.43 Å². The number of nitrogen functional groups attached to an aromatic ring is 2. The van der Waals surface area contributed by atoms with Gasteiger partial charge in [-0.3, -0.25) is 19.4 Å². The number of halogens is 3. The van der Waals surface area contributed by atoms with Gasteiger partial charge in [-0.25, -0.2) is 15.6 Å². The summed E-state index contributed by atoms with van der Waals surface area (Å²) in [6.07, 6.45) is -3.64. The molecular formula is C14H14F3N7O4. The van der Waals surface area contributed by atoms with Gasteiger partial charge in [0.25, 0.3) is 0 Å². The lowest BCUT2D eigenvalue weighted by Gasteiger charge is -2.10. The molecule has 0 spiro atoms. The molecule has 0 radical (unpaired) electrons. The number of nitrogens with zero attached hydrogens (tertiary/aromatic N) is 4. The van der Waals surface area contributed by atoms with Crippen molar-refractivity contribution in [3.63, 3.8) is 0 Å². The Morgan fingerprint density at radius 3 is 2.64 bits per heavy atom. The van der Waals surface area contributed by atoms with Gasteiger partial charge in [-0.1, -0.05) is 0 Å². The maximum absolute atomic E-state index is 13.1. The fourth-order valence-corrected chi connectivity index (χ4v) is 2.78. The number of alkyl halides is 3. The van der Waals surface area contributed by atoms with Gasteiger partial charge in [0.1, 0.15) is 17.8 Å². The summed E-state index contributed by atoms with van der Waals surface area (Å²) >= 11 is 0. The van der Waals surface area contributed by atoms with E-state index in [-0.39, 0.29) is 40.7 Å². The van der Waals surface area contributed by atoms with Crippen LogP contribution in [0.5, 0.6) is 0 Å². The molecular weight excluding hydrogens is 387 g/mol. The molecule has 14 heteroatoms. The van der Waals surface area contributed by atoms with E-state index in [1.165, 1.54) is 6.07 Å². The number of rotatable bonds is 5. The number of amides is 1. The number of furan rings is 1. The molecule has 150 valence electrons. The molecule has 3 aromatic heterocycles. The van der Waals surface area contributed by atoms with E-state index in [0.717, 1.165) is 10.8 Å². The highest BCUT2D eigenvalue weighted by atomic mass is 19.4. The molecule has 0 aromatic carbocycles. The zero-order valence-corrected chi connectivity index (χ0v) is 14.0. The number of aromatic nitrogens is 4. The van der Waals surface area contributed by atoms with Crippen molar-refractivity contribution in [3.05, 3.63) is 28.6 Å². The van der Waals surface area contributed by atoms with E-state index in [9.17, 15) is 22.8 Å². The topological polar surface area (TPSA) is 167 Å². The summed E-state index contributed by atoms with van der Waals surface area (Å²) in [5.74, 6) is 3.50. The number of aliphatic hydroxyl groups is 1. The first-order valence-electron chi connectivity index (χ1n) is 7.71. The Morgan fingerprint density at radius 2 is 2.04 bits per heavy atom. The summed E-state index contributed by atoms with van der Waals surface area (Å²) in [7, 11) is 0. The molecule has 0 fully saturated rings. The minimum absolute atomic E-state index is 0.0425. The lowest BCUT2D eigenvalue weighted by atomic mass is 10.1. The number of aliphatic hydroxyl groups excluding tert-OH is 1. The van der Waals surface area contributed by atoms with Crippen molar-refractivity contribution in [2.45, 2.75) is 19.3 Å². The van der Waals surface area contributed by atoms with Crippen molar-refractivity contribution in [2.24, 2.45) is 5.84 Å². The van der Waals surface area contributed by atoms with Gasteiger partial charge in [0, 0.05) is 0 Å². The molecule has 3 rings (SSSR count). The third-order valence-corrected chi connectivity index (χ3v) is 3.79. The highest BCUT2D eigenvalue weighted by Crippen LogP contribution is 2.31. The molecule has 0 bridgehead atoms. The number of anilines is 1. The molecule has 0 unspecified atom stereocenters. The molecule has 0 aliphatic rings. The van der Waals surface area contributed by atoms with E-state index in [4.69, 9.17) is 21.1 Å². The lowest BCUT2D eigenvalue weighted by molar-refractivity contribution is -0.140. The van der Waals surface area contributed by atoms with Crippen LogP contribution in [0.3, 0.4) is 0 Å². The molecule has 1 amide bonds. The third-order valence-electron chi connectivity index (χ3n) is 3.79. The molecule has 0 saturated heterocycles. The van der Waals surface area contributed by atoms with Gasteiger partial charge in [0.15, 0.2) is 5.65 Å². The number of hydrogen-bond donors (Lipinski definition) is 4. The summed E-state index contributed by atoms with van der Waals surface area (Å²) in [6.45, 7) is -2.49. The molecule has 0 saturated carbocycles. The first-order valence-corrected chi connectivity index (χ1v) is 7.71. The van der Waals surface area contributed by atoms with Crippen LogP contribution in [0.1, 0.15) is 10.6 Å². The van der Waals surface area contributed by atoms with Gasteiger partial charge >= 0.3 is 17.8 Å². The van der Waals surface area contributed by atoms with Crippen LogP contribution in [-0.4, -0.2) is 42.9 Å². The summed E-state index contributed by atoms with van der Waals surface area (Å²) in [6, 6.07) is 1.26. The molecule has 0 aliphatic heterocycles. The maximum Gasteiger partial charge on any atom is 0.406 e. The van der Waals surface area contributed by atoms with Crippen LogP contribution in [0.15, 0.2) is 21.5 Å². The Morgan fingerprint density at radius 1 is 1.32 bits per heavy atom. The number of nitrogens with two attached hydrogens (primary N) is 2. The normalized spacial score (nSPS) is 11.9. The van der Waals surface area contributed by atoms with Crippen LogP contribution in [-0.2, 0) is 13.1 Å². The van der Waals surface area contributed by atoms with Gasteiger partial charge in [0.05, 0.1) is 25.0 Å². The SMILES string of the molecule is NNC(=O)c1occc1-c1nc(N)nc2c1n(CC(F)(F)F)c(=O)n2CCO. The number of carbonyl (C=O) groups is 1. The average Bonchev–Trinajstić information content (AvgIpc) is 3.19. The van der Waals surface area contributed by atoms with Gasteiger partial charge in [-0.05, 0) is 6.07 Å². The van der Waals surface area contributed by atoms with Crippen LogP contribution in [0.25, 0.3) is 22.4 Å². The molecule has 3 heterocycles. The minimum atomic E-state index is -4.74. The van der Waals surface area contributed by atoms with Gasteiger partial charge in [-0.15, -0.1) is 0 Å². The minimum Gasteiger partial charge on any atom is -0.458 e. The number of imidazole rings is 1. The average molecular weight is 401 g/mol. The van der Waals surface area contributed by atoms with E-state index in [1.54, 1.807) is 0 Å². The van der Waals surface area contributed by atoms with E-state index < -0.39 is 30.9 Å². The van der Waals surface area contributed by atoms with Crippen LogP contribution < -0.4 is 22.7 Å². The Labute approximate surface area is 153 Å². The predicted molar refractivity (Wildman–Crippen MR) is 88.7 cm³/mol. The second kappa shape index (κ2) is 6.97. The van der Waals surface area contributed by atoms with Crippen LogP contribution in [0, 0.1) is 0 Å². The Hall–Kier alpha value is -3.39. The highest BCUT2D eigenvalue weighted by Gasteiger charge is 2.33. The van der Waals surface area contributed by atoms with Crippen molar-refractivity contribution in [3.8, 4) is 11.3 Å². The number of hydrazine groups is 1. The third kappa shape index (κ3) is 3.29. The molecule has 3 aromatic rings. The predicted octanol–water partition coefficient (Wildman–Crippen LogP) is -0.407. The van der Waals surface area contributed by atoms with Crippen LogP contribution in [0.2, 0.25) is 0 Å². The monoisotopic (exact) mass is 401 g/mol. The van der Waals surface area contributed by atoms with Crippen molar-refractivity contribution in [2.75, 3.05) is 12.3 Å². The number of nitrogens with one attached hydrogen (secondary N) is 1. The zero-order chi connectivity index (χ0) is 20.6. The highest BCUT2D eigenvalue weighted by molar-refractivity contribution is 6.01. The second-order valence-corrected chi connectivity index (χ2v) is 5.60. The Balaban J connectivity index is 2.41. The standard InChI is InChI=1S/C14H14F3N7O4/c15-14(16,17)5-24-8-7(6-1-4-28-9(6)11(26)22-19)20-12(18)21-10(8)23(2-3-25)13(24)27/h1,4,25H,2-3,5,19H2,(H,22,26)(H2,18,20,21). The van der Waals surface area contributed by atoms with Crippen LogP contribution >= 0.6 is 0 Å². The van der Waals surface area contributed by atoms with E-state index in [0.29, 0.717) is 4.57 Å². The fourth-order valence-electron chi connectivity index (χ4n) is 2.78. The van der Waals surface area contributed by atoms with Gasteiger partial charge < -0.3 is 15.3 Å². The summed E-state index contributed by atoms with van der Waals surface area (Å²) < 4.78 is 45.5. The van der Waals surface area contributed by atoms with Crippen molar-refractivity contribution in [1.29, 1.82) is 0 Å². The lowest BCUT2D eigenvalue weighted by Crippen LogP contribution is -2.30. The van der Waals surface area contributed by atoms with Crippen LogP contribution in [0.4, 0.5) is 19.1 Å². The van der Waals surface area contributed by atoms with E-state index in [2.05, 4.69) is 9.97 Å². The van der Waals surface area contributed by atoms with Crippen molar-refractivity contribution < 1.29 is 27.5 Å². The van der Waals surface area contributed by atoms with Gasteiger partial charge in [-0.2, -0.15) is 18.2 Å². The smallest absolute Gasteiger partial charge is 0.406 e. The molecule has 0 atom stereocenters. The number of carbonyl (C=O) groups excluding carboxylic acids is 1.